The summed E-state index contributed by atoms with van der Waals surface area (Å²) in [5.41, 5.74) is -0.0211. The summed E-state index contributed by atoms with van der Waals surface area (Å²) in [6.07, 6.45) is -3.62. The van der Waals surface area contributed by atoms with Crippen LogP contribution in [0.15, 0.2) is 29.3 Å². The Hall–Kier alpha value is -1.34. The van der Waals surface area contributed by atoms with Gasteiger partial charge in [-0.05, 0) is 24.0 Å². The van der Waals surface area contributed by atoms with Crippen molar-refractivity contribution in [1.82, 2.24) is 15.2 Å². The molecule has 0 aliphatic carbocycles. The highest BCUT2D eigenvalue weighted by molar-refractivity contribution is 7.99. The Morgan fingerprint density at radius 3 is 2.55 bits per heavy atom. The Labute approximate surface area is 122 Å². The molecule has 0 N–H and O–H groups in total. The van der Waals surface area contributed by atoms with Gasteiger partial charge in [-0.15, -0.1) is 22.0 Å². The molecule has 8 heteroatoms. The van der Waals surface area contributed by atoms with Gasteiger partial charge in [0.25, 0.3) is 0 Å². The molecular formula is C12H9ClF3N3S. The van der Waals surface area contributed by atoms with Crippen molar-refractivity contribution in [2.45, 2.75) is 18.0 Å². The second kappa shape index (κ2) is 5.97. The second-order valence-corrected chi connectivity index (χ2v) is 5.44. The number of hydrogen-bond donors (Lipinski definition) is 0. The van der Waals surface area contributed by atoms with Crippen molar-refractivity contribution in [3.05, 3.63) is 35.1 Å². The lowest BCUT2D eigenvalue weighted by Crippen LogP contribution is -2.06. The van der Waals surface area contributed by atoms with Gasteiger partial charge in [0, 0.05) is 11.1 Å². The Balaban J connectivity index is 2.50. The molecular weight excluding hydrogens is 311 g/mol. The topological polar surface area (TPSA) is 38.7 Å². The van der Waals surface area contributed by atoms with E-state index in [9.17, 15) is 13.2 Å². The van der Waals surface area contributed by atoms with E-state index in [4.69, 9.17) is 11.6 Å². The number of hydrogen-bond acceptors (Lipinski definition) is 4. The van der Waals surface area contributed by atoms with Gasteiger partial charge in [0.1, 0.15) is 11.4 Å². The van der Waals surface area contributed by atoms with Crippen molar-refractivity contribution in [2.75, 3.05) is 5.75 Å². The van der Waals surface area contributed by atoms with Gasteiger partial charge in [-0.1, -0.05) is 18.5 Å². The minimum Gasteiger partial charge on any atom is -0.253 e. The first kappa shape index (κ1) is 15.1. The number of pyridine rings is 1. The summed E-state index contributed by atoms with van der Waals surface area (Å²) in [7, 11) is 0. The molecule has 0 radical (unpaired) electrons. The minimum absolute atomic E-state index is 0.213. The zero-order chi connectivity index (χ0) is 14.8. The average molecular weight is 320 g/mol. The van der Waals surface area contributed by atoms with Crippen LogP contribution in [0.25, 0.3) is 11.4 Å². The van der Waals surface area contributed by atoms with Crippen molar-refractivity contribution in [2.24, 2.45) is 0 Å². The van der Waals surface area contributed by atoms with E-state index in [1.165, 1.54) is 17.8 Å². The standard InChI is InChI=1S/C12H9ClF3N3S/c1-2-20-9-5-7(12(14,15)16)6-17-11(9)8-3-4-10(13)19-18-8/h3-6H,2H2,1H3. The van der Waals surface area contributed by atoms with Crippen molar-refractivity contribution >= 4 is 23.4 Å². The third kappa shape index (κ3) is 3.40. The number of nitrogens with zero attached hydrogens (tertiary/aromatic N) is 3. The van der Waals surface area contributed by atoms with Crippen LogP contribution in [0.4, 0.5) is 13.2 Å². The molecule has 0 aromatic carbocycles. The van der Waals surface area contributed by atoms with Gasteiger partial charge in [0.05, 0.1) is 5.56 Å². The van der Waals surface area contributed by atoms with Gasteiger partial charge in [0.15, 0.2) is 5.15 Å². The maximum Gasteiger partial charge on any atom is 0.417 e. The molecule has 0 atom stereocenters. The molecule has 0 saturated heterocycles. The van der Waals surface area contributed by atoms with Gasteiger partial charge < -0.3 is 0 Å². The van der Waals surface area contributed by atoms with Crippen LogP contribution in [-0.2, 0) is 6.18 Å². The smallest absolute Gasteiger partial charge is 0.253 e. The Morgan fingerprint density at radius 1 is 1.25 bits per heavy atom. The molecule has 0 aliphatic rings. The van der Waals surface area contributed by atoms with Crippen LogP contribution in [0.3, 0.4) is 0 Å². The lowest BCUT2D eigenvalue weighted by atomic mass is 10.2. The zero-order valence-corrected chi connectivity index (χ0v) is 11.9. The largest absolute Gasteiger partial charge is 0.417 e. The van der Waals surface area contributed by atoms with Crippen molar-refractivity contribution in [3.63, 3.8) is 0 Å². The number of thioether (sulfide) groups is 1. The lowest BCUT2D eigenvalue weighted by Gasteiger charge is -2.11. The van der Waals surface area contributed by atoms with Crippen molar-refractivity contribution in [1.29, 1.82) is 0 Å². The summed E-state index contributed by atoms with van der Waals surface area (Å²) >= 11 is 6.91. The molecule has 0 saturated carbocycles. The third-order valence-corrected chi connectivity index (χ3v) is 3.47. The van der Waals surface area contributed by atoms with E-state index in [0.717, 1.165) is 12.3 Å². The third-order valence-electron chi connectivity index (χ3n) is 2.35. The fraction of sp³-hybridized carbons (Fsp3) is 0.250. The van der Waals surface area contributed by atoms with Crippen molar-refractivity contribution < 1.29 is 13.2 Å². The minimum atomic E-state index is -4.42. The normalized spacial score (nSPS) is 11.7. The quantitative estimate of drug-likeness (QED) is 0.790. The summed E-state index contributed by atoms with van der Waals surface area (Å²) in [6, 6.07) is 4.17. The molecule has 20 heavy (non-hydrogen) atoms. The van der Waals surface area contributed by atoms with E-state index in [-0.39, 0.29) is 5.15 Å². The first-order valence-corrected chi connectivity index (χ1v) is 6.98. The number of alkyl halides is 3. The average Bonchev–Trinajstić information content (AvgIpc) is 2.39. The maximum atomic E-state index is 12.7. The van der Waals surface area contributed by atoms with Gasteiger partial charge in [-0.3, -0.25) is 4.98 Å². The van der Waals surface area contributed by atoms with E-state index in [2.05, 4.69) is 15.2 Å². The van der Waals surface area contributed by atoms with Crippen LogP contribution < -0.4 is 0 Å². The van der Waals surface area contributed by atoms with Crippen LogP contribution in [0.1, 0.15) is 12.5 Å². The summed E-state index contributed by atoms with van der Waals surface area (Å²) in [6.45, 7) is 1.85. The van der Waals surface area contributed by atoms with Crippen LogP contribution in [0, 0.1) is 0 Å². The Bertz CT molecular complexity index is 602. The summed E-state index contributed by atoms with van der Waals surface area (Å²) in [5, 5.41) is 7.73. The molecule has 3 nitrogen and oxygen atoms in total. The fourth-order valence-corrected chi connectivity index (χ4v) is 2.42. The van der Waals surface area contributed by atoms with Gasteiger partial charge in [-0.2, -0.15) is 13.2 Å². The second-order valence-electron chi connectivity index (χ2n) is 3.74. The SMILES string of the molecule is CCSc1cc(C(F)(F)F)cnc1-c1ccc(Cl)nn1. The van der Waals surface area contributed by atoms with Gasteiger partial charge in [-0.25, -0.2) is 0 Å². The highest BCUT2D eigenvalue weighted by Gasteiger charge is 2.32. The molecule has 2 aromatic rings. The highest BCUT2D eigenvalue weighted by atomic mass is 35.5. The molecule has 0 fully saturated rings. The van der Waals surface area contributed by atoms with Crippen molar-refractivity contribution in [3.8, 4) is 11.4 Å². The lowest BCUT2D eigenvalue weighted by molar-refractivity contribution is -0.138. The molecule has 0 unspecified atom stereocenters. The molecule has 0 bridgehead atoms. The van der Waals surface area contributed by atoms with E-state index in [1.807, 2.05) is 6.92 Å². The van der Waals surface area contributed by atoms with E-state index < -0.39 is 11.7 Å². The Kier molecular flexibility index (Phi) is 4.49. The number of rotatable bonds is 3. The predicted octanol–water partition coefficient (Wildman–Crippen LogP) is 4.32. The molecule has 2 aromatic heterocycles. The van der Waals surface area contributed by atoms with E-state index >= 15 is 0 Å². The molecule has 2 heterocycles. The number of aromatic nitrogens is 3. The first-order valence-electron chi connectivity index (χ1n) is 5.61. The molecule has 0 aliphatic heterocycles. The maximum absolute atomic E-state index is 12.7. The van der Waals surface area contributed by atoms with E-state index in [0.29, 0.717) is 22.0 Å². The summed E-state index contributed by atoms with van der Waals surface area (Å²) < 4.78 is 38.1. The molecule has 2 rings (SSSR count). The summed E-state index contributed by atoms with van der Waals surface area (Å²) in [4.78, 5) is 4.29. The first-order chi connectivity index (χ1) is 9.41. The van der Waals surface area contributed by atoms with Crippen LogP contribution in [-0.4, -0.2) is 20.9 Å². The molecule has 106 valence electrons. The summed E-state index contributed by atoms with van der Waals surface area (Å²) in [5.74, 6) is 0.622. The number of halogens is 4. The predicted molar refractivity (Wildman–Crippen MR) is 71.7 cm³/mol. The Morgan fingerprint density at radius 2 is 2.00 bits per heavy atom. The highest BCUT2D eigenvalue weighted by Crippen LogP contribution is 2.35. The van der Waals surface area contributed by atoms with Crippen LogP contribution in [0.2, 0.25) is 5.15 Å². The molecule has 0 spiro atoms. The van der Waals surface area contributed by atoms with Crippen LogP contribution >= 0.6 is 23.4 Å². The monoisotopic (exact) mass is 319 g/mol. The van der Waals surface area contributed by atoms with E-state index in [1.54, 1.807) is 6.07 Å². The fourth-order valence-electron chi connectivity index (χ4n) is 1.50. The molecule has 0 amide bonds. The van der Waals surface area contributed by atoms with Crippen LogP contribution in [0.5, 0.6) is 0 Å². The zero-order valence-electron chi connectivity index (χ0n) is 10.3. The van der Waals surface area contributed by atoms with Gasteiger partial charge >= 0.3 is 6.18 Å². The van der Waals surface area contributed by atoms with Gasteiger partial charge in [0.2, 0.25) is 0 Å².